The number of rotatable bonds is 6. The van der Waals surface area contributed by atoms with E-state index in [1.54, 1.807) is 0 Å². The molecule has 1 saturated heterocycles. The van der Waals surface area contributed by atoms with E-state index in [1.807, 2.05) is 20.8 Å². The summed E-state index contributed by atoms with van der Waals surface area (Å²) in [5.74, 6) is 0.516. The van der Waals surface area contributed by atoms with Crippen LogP contribution in [-0.4, -0.2) is 61.4 Å². The van der Waals surface area contributed by atoms with Gasteiger partial charge < -0.3 is 20.1 Å². The van der Waals surface area contributed by atoms with E-state index < -0.39 is 12.1 Å². The van der Waals surface area contributed by atoms with Gasteiger partial charge in [-0.2, -0.15) is 0 Å². The first-order valence-corrected chi connectivity index (χ1v) is 7.95. The Labute approximate surface area is 129 Å². The number of nitrogens with one attached hydrogen (secondary N) is 1. The van der Waals surface area contributed by atoms with Crippen molar-refractivity contribution in [2.45, 2.75) is 52.7 Å². The van der Waals surface area contributed by atoms with Crippen molar-refractivity contribution in [1.29, 1.82) is 0 Å². The van der Waals surface area contributed by atoms with Gasteiger partial charge in [-0.3, -0.25) is 4.79 Å². The Morgan fingerprint density at radius 1 is 1.38 bits per heavy atom. The molecule has 124 valence electrons. The fraction of sp³-hybridized carbons (Fsp3) is 0.938. The molecule has 0 aromatic heterocycles. The maximum Gasteiger partial charge on any atom is 0.323 e. The maximum absolute atomic E-state index is 11.8. The Balaban J connectivity index is 2.39. The highest BCUT2D eigenvalue weighted by Gasteiger charge is 2.32. The molecule has 0 radical (unpaired) electrons. The van der Waals surface area contributed by atoms with E-state index in [0.717, 1.165) is 19.0 Å². The fourth-order valence-corrected chi connectivity index (χ4v) is 2.72. The first-order chi connectivity index (χ1) is 9.74. The molecule has 1 fully saturated rings. The highest BCUT2D eigenvalue weighted by atomic mass is 16.5. The third-order valence-corrected chi connectivity index (χ3v) is 4.21. The Kier molecular flexibility index (Phi) is 7.10. The van der Waals surface area contributed by atoms with Crippen LogP contribution in [0.2, 0.25) is 0 Å². The van der Waals surface area contributed by atoms with Crippen LogP contribution < -0.4 is 5.32 Å². The summed E-state index contributed by atoms with van der Waals surface area (Å²) in [6.45, 7) is 11.4. The Hall–Kier alpha value is -0.650. The van der Waals surface area contributed by atoms with Crippen LogP contribution in [0.15, 0.2) is 0 Å². The van der Waals surface area contributed by atoms with Crippen molar-refractivity contribution in [2.75, 3.05) is 33.3 Å². The van der Waals surface area contributed by atoms with E-state index in [1.165, 1.54) is 20.0 Å². The minimum atomic E-state index is -0.465. The van der Waals surface area contributed by atoms with E-state index in [2.05, 4.69) is 17.1 Å². The van der Waals surface area contributed by atoms with Crippen molar-refractivity contribution in [3.8, 4) is 0 Å². The van der Waals surface area contributed by atoms with Crippen molar-refractivity contribution in [3.05, 3.63) is 0 Å². The summed E-state index contributed by atoms with van der Waals surface area (Å²) in [6, 6.07) is -0.404. The number of esters is 1. The number of aliphatic hydroxyl groups is 1. The Bertz CT molecular complexity index is 320. The topological polar surface area (TPSA) is 61.8 Å². The van der Waals surface area contributed by atoms with Crippen molar-refractivity contribution >= 4 is 5.97 Å². The highest BCUT2D eigenvalue weighted by Crippen LogP contribution is 2.20. The minimum absolute atomic E-state index is 0.243. The molecule has 0 aromatic rings. The zero-order valence-electron chi connectivity index (χ0n) is 14.2. The van der Waals surface area contributed by atoms with Gasteiger partial charge in [0.15, 0.2) is 0 Å². The molecule has 21 heavy (non-hydrogen) atoms. The fourth-order valence-electron chi connectivity index (χ4n) is 2.72. The molecule has 0 bridgehead atoms. The van der Waals surface area contributed by atoms with Crippen LogP contribution in [0.4, 0.5) is 0 Å². The van der Waals surface area contributed by atoms with E-state index in [9.17, 15) is 9.90 Å². The predicted molar refractivity (Wildman–Crippen MR) is 84.1 cm³/mol. The van der Waals surface area contributed by atoms with Gasteiger partial charge in [-0.05, 0) is 37.3 Å². The lowest BCUT2D eigenvalue weighted by atomic mass is 9.86. The highest BCUT2D eigenvalue weighted by molar-refractivity contribution is 5.76. The van der Waals surface area contributed by atoms with Gasteiger partial charge in [0.25, 0.3) is 0 Å². The van der Waals surface area contributed by atoms with Gasteiger partial charge in [0, 0.05) is 13.1 Å². The Morgan fingerprint density at radius 3 is 2.43 bits per heavy atom. The zero-order valence-corrected chi connectivity index (χ0v) is 14.2. The van der Waals surface area contributed by atoms with Gasteiger partial charge in [0.05, 0.1) is 13.2 Å². The summed E-state index contributed by atoms with van der Waals surface area (Å²) in [5.41, 5.74) is -0.243. The van der Waals surface area contributed by atoms with Crippen LogP contribution >= 0.6 is 0 Å². The number of hydrogen-bond donors (Lipinski definition) is 2. The van der Waals surface area contributed by atoms with E-state index in [0.29, 0.717) is 13.1 Å². The summed E-state index contributed by atoms with van der Waals surface area (Å²) in [5, 5.41) is 13.3. The average Bonchev–Trinajstić information content (AvgIpc) is 2.39. The monoisotopic (exact) mass is 300 g/mol. The van der Waals surface area contributed by atoms with Gasteiger partial charge in [0.1, 0.15) is 6.04 Å². The Morgan fingerprint density at radius 2 is 1.95 bits per heavy atom. The molecule has 0 saturated carbocycles. The second kappa shape index (κ2) is 8.11. The van der Waals surface area contributed by atoms with Crippen LogP contribution in [0.3, 0.4) is 0 Å². The lowest BCUT2D eigenvalue weighted by Crippen LogP contribution is -2.51. The van der Waals surface area contributed by atoms with Crippen LogP contribution in [0.25, 0.3) is 0 Å². The molecule has 0 spiro atoms. The molecule has 1 aliphatic heterocycles. The lowest BCUT2D eigenvalue weighted by molar-refractivity contribution is -0.146. The third kappa shape index (κ3) is 6.32. The summed E-state index contributed by atoms with van der Waals surface area (Å²) < 4.78 is 4.84. The van der Waals surface area contributed by atoms with Gasteiger partial charge in [-0.15, -0.1) is 0 Å². The van der Waals surface area contributed by atoms with Gasteiger partial charge >= 0.3 is 5.97 Å². The molecule has 5 heteroatoms. The van der Waals surface area contributed by atoms with Crippen molar-refractivity contribution in [1.82, 2.24) is 10.2 Å². The standard InChI is InChI=1S/C16H32N2O3/c1-12-6-8-18(9-7-12)11-13(19)10-17-14(15(20)21-5)16(2,3)4/h12-14,17,19H,6-11H2,1-5H3. The molecular formula is C16H32N2O3. The minimum Gasteiger partial charge on any atom is -0.468 e. The molecule has 2 unspecified atom stereocenters. The second-order valence-corrected chi connectivity index (χ2v) is 7.37. The summed E-state index contributed by atoms with van der Waals surface area (Å²) in [7, 11) is 1.40. The summed E-state index contributed by atoms with van der Waals surface area (Å²) in [4.78, 5) is 14.1. The normalized spacial score (nSPS) is 21.0. The third-order valence-electron chi connectivity index (χ3n) is 4.21. The predicted octanol–water partition coefficient (Wildman–Crippen LogP) is 1.26. The number of carbonyl (C=O) groups is 1. The second-order valence-electron chi connectivity index (χ2n) is 7.37. The number of nitrogens with zero attached hydrogens (tertiary/aromatic N) is 1. The van der Waals surface area contributed by atoms with E-state index in [4.69, 9.17) is 4.74 Å². The average molecular weight is 300 g/mol. The van der Waals surface area contributed by atoms with Crippen molar-refractivity contribution in [3.63, 3.8) is 0 Å². The molecule has 0 amide bonds. The number of methoxy groups -OCH3 is 1. The van der Waals surface area contributed by atoms with E-state index >= 15 is 0 Å². The molecule has 1 rings (SSSR count). The first-order valence-electron chi connectivity index (χ1n) is 7.95. The molecule has 2 atom stereocenters. The molecular weight excluding hydrogens is 268 g/mol. The van der Waals surface area contributed by atoms with Gasteiger partial charge in [0.2, 0.25) is 0 Å². The number of hydrogen-bond acceptors (Lipinski definition) is 5. The largest absolute Gasteiger partial charge is 0.468 e. The number of likely N-dealkylation sites (tertiary alicyclic amines) is 1. The number of ether oxygens (including phenoxy) is 1. The molecule has 0 aromatic carbocycles. The number of aliphatic hydroxyl groups excluding tert-OH is 1. The quantitative estimate of drug-likeness (QED) is 0.723. The first kappa shape index (κ1) is 18.4. The molecule has 1 aliphatic rings. The summed E-state index contributed by atoms with van der Waals surface area (Å²) in [6.07, 6.45) is 1.94. The zero-order chi connectivity index (χ0) is 16.0. The number of piperidine rings is 1. The number of β-amino-alcohol motifs (C(OH)–C–C–N with tert-alkyl or cyclic N) is 1. The van der Waals surface area contributed by atoms with Crippen LogP contribution in [0, 0.1) is 11.3 Å². The van der Waals surface area contributed by atoms with Crippen LogP contribution in [-0.2, 0) is 9.53 Å². The van der Waals surface area contributed by atoms with Gasteiger partial charge in [-0.25, -0.2) is 0 Å². The SMILES string of the molecule is COC(=O)C(NCC(O)CN1CCC(C)CC1)C(C)(C)C. The van der Waals surface area contributed by atoms with Crippen molar-refractivity contribution < 1.29 is 14.6 Å². The number of carbonyl (C=O) groups excluding carboxylic acids is 1. The van der Waals surface area contributed by atoms with E-state index in [-0.39, 0.29) is 11.4 Å². The van der Waals surface area contributed by atoms with Crippen LogP contribution in [0.5, 0.6) is 0 Å². The smallest absolute Gasteiger partial charge is 0.323 e. The van der Waals surface area contributed by atoms with Crippen molar-refractivity contribution in [2.24, 2.45) is 11.3 Å². The maximum atomic E-state index is 11.8. The summed E-state index contributed by atoms with van der Waals surface area (Å²) >= 11 is 0. The molecule has 5 nitrogen and oxygen atoms in total. The molecule has 0 aliphatic carbocycles. The molecule has 2 N–H and O–H groups in total. The molecule has 1 heterocycles. The lowest BCUT2D eigenvalue weighted by Gasteiger charge is -2.33. The van der Waals surface area contributed by atoms with Crippen LogP contribution in [0.1, 0.15) is 40.5 Å². The van der Waals surface area contributed by atoms with Gasteiger partial charge in [-0.1, -0.05) is 27.7 Å².